The van der Waals surface area contributed by atoms with Crippen molar-refractivity contribution in [2.24, 2.45) is 0 Å². The smallest absolute Gasteiger partial charge is 0.159 e. The van der Waals surface area contributed by atoms with E-state index in [1.54, 1.807) is 6.92 Å². The third-order valence-electron chi connectivity index (χ3n) is 1.69. The summed E-state index contributed by atoms with van der Waals surface area (Å²) in [7, 11) is 0. The second-order valence-electron chi connectivity index (χ2n) is 2.62. The molecule has 0 N–H and O–H groups in total. The Morgan fingerprint density at radius 1 is 1.25 bits per heavy atom. The maximum atomic E-state index is 11.1. The van der Waals surface area contributed by atoms with Crippen LogP contribution in [-0.4, -0.2) is 5.78 Å². The molecule has 0 aliphatic carbocycles. The van der Waals surface area contributed by atoms with Crippen molar-refractivity contribution in [3.05, 3.63) is 30.4 Å². The summed E-state index contributed by atoms with van der Waals surface area (Å²) in [5.74, 6) is 0.130. The minimum absolute atomic E-state index is 0.130. The van der Waals surface area contributed by atoms with Gasteiger partial charge in [0.25, 0.3) is 0 Å². The van der Waals surface area contributed by atoms with Gasteiger partial charge in [0.1, 0.15) is 0 Å². The zero-order valence-corrected chi connectivity index (χ0v) is 11.1. The number of hydrogen-bond acceptors (Lipinski definition) is 1. The molecule has 1 aromatic carbocycles. The Morgan fingerprint density at radius 3 is 2.00 bits per heavy atom. The fourth-order valence-corrected chi connectivity index (χ4v) is 2.62. The molecule has 0 atom stereocenters. The van der Waals surface area contributed by atoms with Crippen LogP contribution < -0.4 is 0 Å². The van der Waals surface area contributed by atoms with Gasteiger partial charge < -0.3 is 0 Å². The van der Waals surface area contributed by atoms with E-state index in [0.29, 0.717) is 0 Å². The topological polar surface area (TPSA) is 17.1 Å². The molecule has 64 valence electrons. The van der Waals surface area contributed by atoms with Gasteiger partial charge in [-0.3, -0.25) is 4.79 Å². The van der Waals surface area contributed by atoms with E-state index in [-0.39, 0.29) is 5.78 Å². The van der Waals surface area contributed by atoms with Gasteiger partial charge in [-0.25, -0.2) is 0 Å². The largest absolute Gasteiger partial charge is 0.295 e. The molecule has 1 aromatic rings. The molecule has 0 fully saturated rings. The summed E-state index contributed by atoms with van der Waals surface area (Å²) in [6.45, 7) is 3.66. The van der Waals surface area contributed by atoms with Gasteiger partial charge in [0.15, 0.2) is 5.78 Å². The van der Waals surface area contributed by atoms with Gasteiger partial charge in [-0.15, -0.1) is 0 Å². The fourth-order valence-electron chi connectivity index (χ4n) is 0.849. The van der Waals surface area contributed by atoms with Gasteiger partial charge in [-0.2, -0.15) is 0 Å². The number of hydrogen-bond donors (Lipinski definition) is 0. The van der Waals surface area contributed by atoms with Gasteiger partial charge in [0, 0.05) is 12.7 Å². The molecule has 0 saturated carbocycles. The summed E-state index contributed by atoms with van der Waals surface area (Å²) in [4.78, 5) is 11.1. The van der Waals surface area contributed by atoms with Crippen molar-refractivity contribution in [2.45, 2.75) is 13.8 Å². The first kappa shape index (κ1) is 10.4. The van der Waals surface area contributed by atoms with Crippen LogP contribution in [0.4, 0.5) is 0 Å². The number of halogens is 2. The summed E-state index contributed by atoms with van der Waals surface area (Å²) in [5.41, 5.74) is 2.05. The van der Waals surface area contributed by atoms with Crippen LogP contribution in [0.2, 0.25) is 0 Å². The van der Waals surface area contributed by atoms with E-state index in [0.717, 1.165) is 12.7 Å². The van der Waals surface area contributed by atoms with Crippen molar-refractivity contribution in [3.63, 3.8) is 0 Å². The van der Waals surface area contributed by atoms with Crippen molar-refractivity contribution >= 4 is 51.0 Å². The SMILES string of the molecule is CC(=O)c1cc(I)c(C)c(I)c1. The van der Waals surface area contributed by atoms with Gasteiger partial charge in [0.05, 0.1) is 0 Å². The lowest BCUT2D eigenvalue weighted by molar-refractivity contribution is 0.101. The Labute approximate surface area is 99.2 Å². The molecule has 0 amide bonds. The van der Waals surface area contributed by atoms with Crippen molar-refractivity contribution in [1.82, 2.24) is 0 Å². The average Bonchev–Trinajstić information content (AvgIpc) is 1.99. The van der Waals surface area contributed by atoms with Gasteiger partial charge in [-0.05, 0) is 76.7 Å². The molecule has 0 spiro atoms. The second kappa shape index (κ2) is 4.04. The molecule has 0 heterocycles. The maximum Gasteiger partial charge on any atom is 0.159 e. The summed E-state index contributed by atoms with van der Waals surface area (Å²) < 4.78 is 2.31. The Morgan fingerprint density at radius 2 is 1.67 bits per heavy atom. The van der Waals surface area contributed by atoms with E-state index in [9.17, 15) is 4.79 Å². The average molecular weight is 386 g/mol. The second-order valence-corrected chi connectivity index (χ2v) is 4.95. The highest BCUT2D eigenvalue weighted by Crippen LogP contribution is 2.20. The van der Waals surface area contributed by atoms with Crippen LogP contribution in [0.3, 0.4) is 0 Å². The molecular formula is C9H8I2O. The molecule has 1 nitrogen and oxygen atoms in total. The van der Waals surface area contributed by atoms with Crippen molar-refractivity contribution in [1.29, 1.82) is 0 Å². The summed E-state index contributed by atoms with van der Waals surface area (Å²) in [5, 5.41) is 0. The molecule has 0 aromatic heterocycles. The van der Waals surface area contributed by atoms with Crippen LogP contribution in [0.25, 0.3) is 0 Å². The first-order valence-electron chi connectivity index (χ1n) is 3.49. The minimum Gasteiger partial charge on any atom is -0.295 e. The fraction of sp³-hybridized carbons (Fsp3) is 0.222. The number of carbonyl (C=O) groups is 1. The predicted molar refractivity (Wildman–Crippen MR) is 66.6 cm³/mol. The quantitative estimate of drug-likeness (QED) is 0.535. The Kier molecular flexibility index (Phi) is 3.51. The molecule has 0 radical (unpaired) electrons. The van der Waals surface area contributed by atoms with Gasteiger partial charge in [0.2, 0.25) is 0 Å². The zero-order chi connectivity index (χ0) is 9.30. The monoisotopic (exact) mass is 386 g/mol. The van der Waals surface area contributed by atoms with Crippen molar-refractivity contribution in [3.8, 4) is 0 Å². The highest BCUT2D eigenvalue weighted by atomic mass is 127. The lowest BCUT2D eigenvalue weighted by Crippen LogP contribution is -1.96. The van der Waals surface area contributed by atoms with E-state index < -0.39 is 0 Å². The van der Waals surface area contributed by atoms with Crippen molar-refractivity contribution in [2.75, 3.05) is 0 Å². The van der Waals surface area contributed by atoms with E-state index in [1.807, 2.05) is 12.1 Å². The highest BCUT2D eigenvalue weighted by molar-refractivity contribution is 14.1. The number of Topliss-reactive ketones (excluding diaryl/α,β-unsaturated/α-hetero) is 1. The van der Waals surface area contributed by atoms with Gasteiger partial charge in [-0.1, -0.05) is 0 Å². The predicted octanol–water partition coefficient (Wildman–Crippen LogP) is 3.41. The molecule has 0 aliphatic rings. The van der Waals surface area contributed by atoms with Crippen LogP contribution in [0.1, 0.15) is 22.8 Å². The minimum atomic E-state index is 0.130. The first-order valence-corrected chi connectivity index (χ1v) is 5.64. The summed E-state index contributed by atoms with van der Waals surface area (Å²) in [6.07, 6.45) is 0. The normalized spacial score (nSPS) is 10.0. The van der Waals surface area contributed by atoms with Crippen LogP contribution in [-0.2, 0) is 0 Å². The Balaban J connectivity index is 3.31. The van der Waals surface area contributed by atoms with E-state index in [2.05, 4.69) is 52.1 Å². The highest BCUT2D eigenvalue weighted by Gasteiger charge is 2.05. The molecule has 1 rings (SSSR count). The third-order valence-corrected chi connectivity index (χ3v) is 3.93. The molecule has 0 unspecified atom stereocenters. The molecule has 0 bridgehead atoms. The van der Waals surface area contributed by atoms with Crippen LogP contribution in [0.15, 0.2) is 12.1 Å². The Hall–Kier alpha value is 0.350. The molecular weight excluding hydrogens is 378 g/mol. The zero-order valence-electron chi connectivity index (χ0n) is 6.82. The lowest BCUT2D eigenvalue weighted by Gasteiger charge is -2.03. The molecule has 12 heavy (non-hydrogen) atoms. The molecule has 0 saturated heterocycles. The third kappa shape index (κ3) is 2.18. The van der Waals surface area contributed by atoms with E-state index in [4.69, 9.17) is 0 Å². The summed E-state index contributed by atoms with van der Waals surface area (Å²) in [6, 6.07) is 3.86. The van der Waals surface area contributed by atoms with E-state index >= 15 is 0 Å². The molecule has 0 aliphatic heterocycles. The summed E-state index contributed by atoms with van der Waals surface area (Å²) >= 11 is 4.50. The maximum absolute atomic E-state index is 11.1. The Bertz CT molecular complexity index is 308. The number of carbonyl (C=O) groups excluding carboxylic acids is 1. The first-order chi connectivity index (χ1) is 5.52. The van der Waals surface area contributed by atoms with Gasteiger partial charge >= 0.3 is 0 Å². The number of rotatable bonds is 1. The number of ketones is 1. The van der Waals surface area contributed by atoms with Crippen LogP contribution in [0, 0.1) is 14.1 Å². The van der Waals surface area contributed by atoms with Crippen LogP contribution >= 0.6 is 45.2 Å². The lowest BCUT2D eigenvalue weighted by atomic mass is 10.1. The molecule has 3 heteroatoms. The van der Waals surface area contributed by atoms with E-state index in [1.165, 1.54) is 5.56 Å². The van der Waals surface area contributed by atoms with Crippen molar-refractivity contribution < 1.29 is 4.79 Å². The van der Waals surface area contributed by atoms with Crippen LogP contribution in [0.5, 0.6) is 0 Å². The number of benzene rings is 1. The standard InChI is InChI=1S/C9H8I2O/c1-5-8(10)3-7(6(2)12)4-9(5)11/h3-4H,1-2H3.